The monoisotopic (exact) mass is 243 g/mol. The second kappa shape index (κ2) is 5.49. The number of carboxylic acids is 1. The number of rotatable bonds is 7. The van der Waals surface area contributed by atoms with Gasteiger partial charge in [0.25, 0.3) is 0 Å². The highest BCUT2D eigenvalue weighted by atomic mass is 16.5. The molecule has 0 radical (unpaired) electrons. The van der Waals surface area contributed by atoms with Crippen LogP contribution in [0.1, 0.15) is 26.7 Å². The Morgan fingerprint density at radius 2 is 1.94 bits per heavy atom. The highest BCUT2D eigenvalue weighted by Crippen LogP contribution is 2.58. The van der Waals surface area contributed by atoms with Crippen LogP contribution in [0.3, 0.4) is 0 Å². The van der Waals surface area contributed by atoms with Crippen molar-refractivity contribution in [3.8, 4) is 0 Å². The normalized spacial score (nSPS) is 25.4. The van der Waals surface area contributed by atoms with Crippen molar-refractivity contribution in [1.29, 1.82) is 0 Å². The van der Waals surface area contributed by atoms with Crippen LogP contribution in [-0.2, 0) is 14.3 Å². The number of carbonyl (C=O) groups is 2. The number of amides is 1. The lowest BCUT2D eigenvalue weighted by atomic mass is 10.1. The van der Waals surface area contributed by atoms with E-state index < -0.39 is 17.3 Å². The van der Waals surface area contributed by atoms with E-state index in [1.165, 1.54) is 0 Å². The Morgan fingerprint density at radius 3 is 2.41 bits per heavy atom. The van der Waals surface area contributed by atoms with Gasteiger partial charge in [-0.15, -0.1) is 0 Å². The molecule has 1 fully saturated rings. The van der Waals surface area contributed by atoms with Gasteiger partial charge in [-0.3, -0.25) is 9.59 Å². The van der Waals surface area contributed by atoms with Crippen LogP contribution < -0.4 is 5.32 Å². The van der Waals surface area contributed by atoms with Crippen molar-refractivity contribution in [3.05, 3.63) is 0 Å². The second-order valence-electron chi connectivity index (χ2n) is 5.11. The van der Waals surface area contributed by atoms with Crippen molar-refractivity contribution in [2.45, 2.75) is 26.7 Å². The summed E-state index contributed by atoms with van der Waals surface area (Å²) in [7, 11) is 1.64. The Labute approximate surface area is 102 Å². The highest BCUT2D eigenvalue weighted by molar-refractivity contribution is 5.91. The van der Waals surface area contributed by atoms with E-state index in [1.807, 2.05) is 13.8 Å². The zero-order valence-corrected chi connectivity index (χ0v) is 10.7. The van der Waals surface area contributed by atoms with E-state index in [2.05, 4.69) is 5.32 Å². The van der Waals surface area contributed by atoms with Crippen molar-refractivity contribution in [2.75, 3.05) is 20.3 Å². The van der Waals surface area contributed by atoms with Crippen molar-refractivity contribution < 1.29 is 19.4 Å². The minimum absolute atomic E-state index is 0.139. The number of unbranched alkanes of at least 4 members (excludes halogenated alkanes) is 1. The molecule has 0 aromatic heterocycles. The van der Waals surface area contributed by atoms with Gasteiger partial charge in [0, 0.05) is 20.3 Å². The predicted octanol–water partition coefficient (Wildman–Crippen LogP) is 0.886. The van der Waals surface area contributed by atoms with Crippen molar-refractivity contribution in [2.24, 2.45) is 17.3 Å². The van der Waals surface area contributed by atoms with Crippen molar-refractivity contribution in [1.82, 2.24) is 5.32 Å². The van der Waals surface area contributed by atoms with Crippen LogP contribution in [0.4, 0.5) is 0 Å². The summed E-state index contributed by atoms with van der Waals surface area (Å²) in [6, 6.07) is 0. The van der Waals surface area contributed by atoms with Crippen LogP contribution in [0.25, 0.3) is 0 Å². The second-order valence-corrected chi connectivity index (χ2v) is 5.11. The largest absolute Gasteiger partial charge is 0.481 e. The fraction of sp³-hybridized carbons (Fsp3) is 0.833. The minimum Gasteiger partial charge on any atom is -0.481 e. The zero-order chi connectivity index (χ0) is 13.1. The molecule has 1 amide bonds. The number of hydrogen-bond donors (Lipinski definition) is 2. The van der Waals surface area contributed by atoms with Gasteiger partial charge in [-0.25, -0.2) is 0 Å². The molecule has 0 aliphatic heterocycles. The van der Waals surface area contributed by atoms with Crippen LogP contribution in [0.5, 0.6) is 0 Å². The molecule has 1 rings (SSSR count). The van der Waals surface area contributed by atoms with Gasteiger partial charge in [-0.1, -0.05) is 13.8 Å². The van der Waals surface area contributed by atoms with Crippen molar-refractivity contribution >= 4 is 11.9 Å². The first-order chi connectivity index (χ1) is 7.92. The Balaban J connectivity index is 2.28. The van der Waals surface area contributed by atoms with Crippen molar-refractivity contribution in [3.63, 3.8) is 0 Å². The quantitative estimate of drug-likeness (QED) is 0.651. The van der Waals surface area contributed by atoms with E-state index in [9.17, 15) is 9.59 Å². The van der Waals surface area contributed by atoms with Gasteiger partial charge in [0.05, 0.1) is 11.8 Å². The van der Waals surface area contributed by atoms with E-state index in [0.29, 0.717) is 13.2 Å². The van der Waals surface area contributed by atoms with Gasteiger partial charge in [-0.05, 0) is 18.3 Å². The van der Waals surface area contributed by atoms with E-state index >= 15 is 0 Å². The molecule has 1 aliphatic carbocycles. The standard InChI is InChI=1S/C12H21NO4/c1-12(2)8(9(12)11(15)16)10(14)13-6-4-5-7-17-3/h8-9H,4-7H2,1-3H3,(H,13,14)(H,15,16)/t8-,9+/m1/s1. The molecule has 0 saturated heterocycles. The number of nitrogens with one attached hydrogen (secondary N) is 1. The Kier molecular flexibility index (Phi) is 4.51. The minimum atomic E-state index is -0.880. The number of carbonyl (C=O) groups excluding carboxylic acids is 1. The molecule has 17 heavy (non-hydrogen) atoms. The molecule has 1 aliphatic rings. The average Bonchev–Trinajstić information content (AvgIpc) is 2.81. The maximum atomic E-state index is 11.8. The molecule has 0 unspecified atom stereocenters. The summed E-state index contributed by atoms with van der Waals surface area (Å²) in [5.74, 6) is -1.95. The zero-order valence-electron chi connectivity index (χ0n) is 10.7. The fourth-order valence-corrected chi connectivity index (χ4v) is 2.28. The highest BCUT2D eigenvalue weighted by Gasteiger charge is 2.65. The Hall–Kier alpha value is -1.10. The molecule has 0 heterocycles. The maximum absolute atomic E-state index is 11.8. The lowest BCUT2D eigenvalue weighted by molar-refractivity contribution is -0.140. The summed E-state index contributed by atoms with van der Waals surface area (Å²) in [4.78, 5) is 22.7. The third-order valence-electron chi connectivity index (χ3n) is 3.45. The first-order valence-electron chi connectivity index (χ1n) is 5.92. The smallest absolute Gasteiger partial charge is 0.307 e. The number of aliphatic carboxylic acids is 1. The molecule has 0 spiro atoms. The van der Waals surface area contributed by atoms with Gasteiger partial charge in [0.1, 0.15) is 0 Å². The Morgan fingerprint density at radius 1 is 1.29 bits per heavy atom. The first-order valence-corrected chi connectivity index (χ1v) is 5.92. The molecule has 0 aromatic rings. The third kappa shape index (κ3) is 3.19. The summed E-state index contributed by atoms with van der Waals surface area (Å²) in [6.45, 7) is 4.91. The van der Waals surface area contributed by atoms with Gasteiger partial charge >= 0.3 is 5.97 Å². The summed E-state index contributed by atoms with van der Waals surface area (Å²) in [6.07, 6.45) is 1.75. The SMILES string of the molecule is COCCCCNC(=O)[C@H]1[C@@H](C(=O)O)C1(C)C. The third-order valence-corrected chi connectivity index (χ3v) is 3.45. The van der Waals surface area contributed by atoms with Gasteiger partial charge < -0.3 is 15.2 Å². The van der Waals surface area contributed by atoms with Gasteiger partial charge in [0.2, 0.25) is 5.91 Å². The molecule has 0 bridgehead atoms. The molecule has 2 N–H and O–H groups in total. The molecule has 1 saturated carbocycles. The van der Waals surface area contributed by atoms with E-state index in [0.717, 1.165) is 12.8 Å². The Bertz CT molecular complexity index is 301. The molecule has 98 valence electrons. The molecular formula is C12H21NO4. The summed E-state index contributed by atoms with van der Waals surface area (Å²) >= 11 is 0. The van der Waals surface area contributed by atoms with E-state index in [-0.39, 0.29) is 11.8 Å². The van der Waals surface area contributed by atoms with E-state index in [1.54, 1.807) is 7.11 Å². The molecule has 0 aromatic carbocycles. The summed E-state index contributed by atoms with van der Waals surface area (Å²) in [5, 5.41) is 11.7. The van der Waals surface area contributed by atoms with E-state index in [4.69, 9.17) is 9.84 Å². The molecule has 5 nitrogen and oxygen atoms in total. The van der Waals surface area contributed by atoms with Crippen LogP contribution >= 0.6 is 0 Å². The predicted molar refractivity (Wildman–Crippen MR) is 62.5 cm³/mol. The summed E-state index contributed by atoms with van der Waals surface area (Å²) < 4.78 is 4.90. The number of hydrogen-bond acceptors (Lipinski definition) is 3. The van der Waals surface area contributed by atoms with Gasteiger partial charge in [0.15, 0.2) is 0 Å². The fourth-order valence-electron chi connectivity index (χ4n) is 2.28. The number of methoxy groups -OCH3 is 1. The topological polar surface area (TPSA) is 75.6 Å². The average molecular weight is 243 g/mol. The molecular weight excluding hydrogens is 222 g/mol. The summed E-state index contributed by atoms with van der Waals surface area (Å²) in [5.41, 5.74) is -0.414. The van der Waals surface area contributed by atoms with Crippen LogP contribution in [0.15, 0.2) is 0 Å². The number of ether oxygens (including phenoxy) is 1. The van der Waals surface area contributed by atoms with Crippen LogP contribution in [0, 0.1) is 17.3 Å². The maximum Gasteiger partial charge on any atom is 0.307 e. The lowest BCUT2D eigenvalue weighted by Gasteiger charge is -2.05. The molecule has 2 atom stereocenters. The van der Waals surface area contributed by atoms with Gasteiger partial charge in [-0.2, -0.15) is 0 Å². The number of carboxylic acid groups (broad SMARTS) is 1. The molecule has 5 heteroatoms. The lowest BCUT2D eigenvalue weighted by Crippen LogP contribution is -2.28. The van der Waals surface area contributed by atoms with Crippen LogP contribution in [-0.4, -0.2) is 37.2 Å². The first kappa shape index (κ1) is 14.0. The van der Waals surface area contributed by atoms with Crippen LogP contribution in [0.2, 0.25) is 0 Å².